The molecule has 0 saturated carbocycles. The van der Waals surface area contributed by atoms with Crippen molar-refractivity contribution < 1.29 is 4.79 Å². The molecule has 2 saturated heterocycles. The molecule has 3 heterocycles. The van der Waals surface area contributed by atoms with Gasteiger partial charge in [-0.2, -0.15) is 0 Å². The highest BCUT2D eigenvalue weighted by Crippen LogP contribution is 2.24. The zero-order valence-corrected chi connectivity index (χ0v) is 18.9. The van der Waals surface area contributed by atoms with Gasteiger partial charge in [-0.3, -0.25) is 4.79 Å². The molecule has 31 heavy (non-hydrogen) atoms. The largest absolute Gasteiger partial charge is 0.355 e. The summed E-state index contributed by atoms with van der Waals surface area (Å²) in [5, 5.41) is 12.2. The van der Waals surface area contributed by atoms with E-state index in [0.717, 1.165) is 56.1 Å². The Kier molecular flexibility index (Phi) is 7.05. The van der Waals surface area contributed by atoms with Gasteiger partial charge in [-0.05, 0) is 68.7 Å². The van der Waals surface area contributed by atoms with E-state index in [1.165, 1.54) is 24.8 Å². The summed E-state index contributed by atoms with van der Waals surface area (Å²) in [5.41, 5.74) is 2.47. The maximum atomic E-state index is 13.0. The second-order valence-electron chi connectivity index (χ2n) is 8.91. The molecule has 6 heteroatoms. The molecule has 1 aromatic heterocycles. The molecule has 0 unspecified atom stereocenters. The molecule has 2 atom stereocenters. The SMILES string of the molecule is CCc1ccc([C@@H](C)NC(=O)[C@H]2CCCN(c3ccc(N4CCCCC4)nn3)C2)cc1. The minimum absolute atomic E-state index is 0.0115. The summed E-state index contributed by atoms with van der Waals surface area (Å²) in [6.45, 7) is 7.98. The van der Waals surface area contributed by atoms with Crippen molar-refractivity contribution in [2.24, 2.45) is 5.92 Å². The van der Waals surface area contributed by atoms with Gasteiger partial charge in [0.15, 0.2) is 11.6 Å². The quantitative estimate of drug-likeness (QED) is 0.760. The Bertz CT molecular complexity index is 845. The van der Waals surface area contributed by atoms with Crippen LogP contribution in [0.2, 0.25) is 0 Å². The maximum Gasteiger partial charge on any atom is 0.225 e. The lowest BCUT2D eigenvalue weighted by Gasteiger charge is -2.33. The van der Waals surface area contributed by atoms with Crippen molar-refractivity contribution in [1.82, 2.24) is 15.5 Å². The Morgan fingerprint density at radius 2 is 1.61 bits per heavy atom. The number of nitrogens with one attached hydrogen (secondary N) is 1. The smallest absolute Gasteiger partial charge is 0.225 e. The molecule has 166 valence electrons. The number of carbonyl (C=O) groups excluding carboxylic acids is 1. The van der Waals surface area contributed by atoms with Crippen LogP contribution in [0.25, 0.3) is 0 Å². The predicted octanol–water partition coefficient (Wildman–Crippen LogP) is 4.12. The third-order valence-electron chi connectivity index (χ3n) is 6.68. The van der Waals surface area contributed by atoms with Crippen LogP contribution in [0.3, 0.4) is 0 Å². The van der Waals surface area contributed by atoms with Gasteiger partial charge in [0.05, 0.1) is 12.0 Å². The molecule has 0 bridgehead atoms. The third kappa shape index (κ3) is 5.35. The number of piperidine rings is 2. The Morgan fingerprint density at radius 1 is 0.968 bits per heavy atom. The fraction of sp³-hybridized carbons (Fsp3) is 0.560. The third-order valence-corrected chi connectivity index (χ3v) is 6.68. The minimum atomic E-state index is -0.0188. The molecule has 2 fully saturated rings. The van der Waals surface area contributed by atoms with Crippen LogP contribution in [0, 0.1) is 5.92 Å². The molecule has 1 aromatic carbocycles. The summed E-state index contributed by atoms with van der Waals surface area (Å²) in [6.07, 6.45) is 6.71. The van der Waals surface area contributed by atoms with Gasteiger partial charge < -0.3 is 15.1 Å². The summed E-state index contributed by atoms with van der Waals surface area (Å²) in [4.78, 5) is 17.5. The summed E-state index contributed by atoms with van der Waals surface area (Å²) < 4.78 is 0. The van der Waals surface area contributed by atoms with E-state index < -0.39 is 0 Å². The fourth-order valence-electron chi connectivity index (χ4n) is 4.63. The van der Waals surface area contributed by atoms with Crippen LogP contribution < -0.4 is 15.1 Å². The van der Waals surface area contributed by atoms with Gasteiger partial charge in [0.25, 0.3) is 0 Å². The number of amides is 1. The molecule has 6 nitrogen and oxygen atoms in total. The van der Waals surface area contributed by atoms with Crippen LogP contribution in [0.1, 0.15) is 63.1 Å². The minimum Gasteiger partial charge on any atom is -0.355 e. The Hall–Kier alpha value is -2.63. The van der Waals surface area contributed by atoms with Crippen LogP contribution in [0.15, 0.2) is 36.4 Å². The van der Waals surface area contributed by atoms with Gasteiger partial charge in [0, 0.05) is 26.2 Å². The fourth-order valence-corrected chi connectivity index (χ4v) is 4.63. The lowest BCUT2D eigenvalue weighted by atomic mass is 9.96. The molecule has 4 rings (SSSR count). The number of rotatable bonds is 6. The first-order valence-electron chi connectivity index (χ1n) is 11.9. The molecule has 0 radical (unpaired) electrons. The zero-order chi connectivity index (χ0) is 21.6. The van der Waals surface area contributed by atoms with E-state index in [1.807, 2.05) is 0 Å². The lowest BCUT2D eigenvalue weighted by molar-refractivity contribution is -0.125. The summed E-state index contributed by atoms with van der Waals surface area (Å²) in [7, 11) is 0. The van der Waals surface area contributed by atoms with Crippen LogP contribution in [0.5, 0.6) is 0 Å². The van der Waals surface area contributed by atoms with Crippen molar-refractivity contribution in [3.8, 4) is 0 Å². The number of aryl methyl sites for hydroxylation is 1. The first kappa shape index (κ1) is 21.6. The Labute approximate surface area is 186 Å². The second kappa shape index (κ2) is 10.1. The van der Waals surface area contributed by atoms with E-state index in [1.54, 1.807) is 0 Å². The average molecular weight is 422 g/mol. The van der Waals surface area contributed by atoms with Crippen molar-refractivity contribution in [3.63, 3.8) is 0 Å². The average Bonchev–Trinajstić information content (AvgIpc) is 2.85. The summed E-state index contributed by atoms with van der Waals surface area (Å²) >= 11 is 0. The van der Waals surface area contributed by atoms with Crippen molar-refractivity contribution in [2.75, 3.05) is 36.0 Å². The highest BCUT2D eigenvalue weighted by Gasteiger charge is 2.28. The number of anilines is 2. The Morgan fingerprint density at radius 3 is 2.26 bits per heavy atom. The predicted molar refractivity (Wildman–Crippen MR) is 125 cm³/mol. The molecular formula is C25H35N5O. The molecule has 1 amide bonds. The number of carbonyl (C=O) groups is 1. The van der Waals surface area contributed by atoms with Crippen LogP contribution in [-0.4, -0.2) is 42.3 Å². The molecule has 0 aliphatic carbocycles. The standard InChI is InChI=1S/C25H35N5O/c1-3-20-9-11-21(12-10-20)19(2)26-25(31)22-8-7-17-30(18-22)24-14-13-23(27-28-24)29-15-5-4-6-16-29/h9-14,19,22H,3-8,15-18H2,1-2H3,(H,26,31)/t19-,22+/m1/s1. The maximum absolute atomic E-state index is 13.0. The van der Waals surface area contributed by atoms with E-state index >= 15 is 0 Å². The molecule has 1 N–H and O–H groups in total. The summed E-state index contributed by atoms with van der Waals surface area (Å²) in [6, 6.07) is 12.7. The van der Waals surface area contributed by atoms with Crippen LogP contribution in [-0.2, 0) is 11.2 Å². The van der Waals surface area contributed by atoms with E-state index in [-0.39, 0.29) is 17.9 Å². The van der Waals surface area contributed by atoms with Gasteiger partial charge in [-0.15, -0.1) is 10.2 Å². The highest BCUT2D eigenvalue weighted by atomic mass is 16.2. The van der Waals surface area contributed by atoms with Gasteiger partial charge >= 0.3 is 0 Å². The van der Waals surface area contributed by atoms with Crippen LogP contribution >= 0.6 is 0 Å². The normalized spacial score (nSPS) is 20.4. The van der Waals surface area contributed by atoms with Crippen molar-refractivity contribution >= 4 is 17.5 Å². The molecule has 0 spiro atoms. The number of nitrogens with zero attached hydrogens (tertiary/aromatic N) is 4. The molecule has 2 aliphatic heterocycles. The number of benzene rings is 1. The van der Waals surface area contributed by atoms with Gasteiger partial charge in [-0.1, -0.05) is 31.2 Å². The summed E-state index contributed by atoms with van der Waals surface area (Å²) in [5.74, 6) is 1.96. The van der Waals surface area contributed by atoms with Crippen molar-refractivity contribution in [1.29, 1.82) is 0 Å². The van der Waals surface area contributed by atoms with E-state index in [9.17, 15) is 4.79 Å². The molecular weight excluding hydrogens is 386 g/mol. The van der Waals surface area contributed by atoms with Gasteiger partial charge in [0.2, 0.25) is 5.91 Å². The zero-order valence-electron chi connectivity index (χ0n) is 18.9. The molecule has 2 aromatic rings. The van der Waals surface area contributed by atoms with Gasteiger partial charge in [-0.25, -0.2) is 0 Å². The molecule has 2 aliphatic rings. The monoisotopic (exact) mass is 421 g/mol. The van der Waals surface area contributed by atoms with E-state index in [2.05, 4.69) is 75.6 Å². The second-order valence-corrected chi connectivity index (χ2v) is 8.91. The highest BCUT2D eigenvalue weighted by molar-refractivity contribution is 5.80. The van der Waals surface area contributed by atoms with E-state index in [4.69, 9.17) is 0 Å². The Balaban J connectivity index is 1.34. The lowest BCUT2D eigenvalue weighted by Crippen LogP contribution is -2.44. The van der Waals surface area contributed by atoms with Crippen molar-refractivity contribution in [2.45, 2.75) is 58.4 Å². The number of aromatic nitrogens is 2. The number of hydrogen-bond acceptors (Lipinski definition) is 5. The van der Waals surface area contributed by atoms with Gasteiger partial charge in [0.1, 0.15) is 0 Å². The van der Waals surface area contributed by atoms with E-state index in [0.29, 0.717) is 6.54 Å². The topological polar surface area (TPSA) is 61.4 Å². The van der Waals surface area contributed by atoms with Crippen molar-refractivity contribution in [3.05, 3.63) is 47.5 Å². The number of hydrogen-bond donors (Lipinski definition) is 1. The first-order valence-corrected chi connectivity index (χ1v) is 11.9. The first-order chi connectivity index (χ1) is 15.1. The van der Waals surface area contributed by atoms with Crippen LogP contribution in [0.4, 0.5) is 11.6 Å².